The van der Waals surface area contributed by atoms with Crippen molar-refractivity contribution in [2.45, 2.75) is 44.1 Å². The van der Waals surface area contributed by atoms with E-state index in [9.17, 15) is 5.11 Å². The molecule has 0 amide bonds. The lowest BCUT2D eigenvalue weighted by Gasteiger charge is -2.30. The summed E-state index contributed by atoms with van der Waals surface area (Å²) in [5.41, 5.74) is 7.94. The van der Waals surface area contributed by atoms with Crippen molar-refractivity contribution in [1.82, 2.24) is 0 Å². The van der Waals surface area contributed by atoms with Gasteiger partial charge in [0.1, 0.15) is 0 Å². The molecule has 0 bridgehead atoms. The van der Waals surface area contributed by atoms with E-state index >= 15 is 0 Å². The molecule has 1 aromatic carbocycles. The average Bonchev–Trinajstić information content (AvgIpc) is 2.56. The highest BCUT2D eigenvalue weighted by Crippen LogP contribution is 2.45. The van der Waals surface area contributed by atoms with Crippen LogP contribution in [0.5, 0.6) is 0 Å². The Morgan fingerprint density at radius 3 is 2.62 bits per heavy atom. The topological polar surface area (TPSA) is 46.2 Å². The molecular formula is C14H21NO. The van der Waals surface area contributed by atoms with Crippen LogP contribution < -0.4 is 5.73 Å². The Labute approximate surface area is 97.5 Å². The summed E-state index contributed by atoms with van der Waals surface area (Å²) in [5, 5.41) is 10.1. The third kappa shape index (κ3) is 2.00. The standard InChI is InChI=1S/C14H21NO/c1-11-4-3-5-12(8-11)14(10-15)7-6-13(2,16)9-14/h3-5,8,16H,6-7,9-10,15H2,1-2H3. The Kier molecular flexibility index (Phi) is 2.81. The van der Waals surface area contributed by atoms with Gasteiger partial charge < -0.3 is 10.8 Å². The zero-order valence-electron chi connectivity index (χ0n) is 10.2. The number of aliphatic hydroxyl groups is 1. The van der Waals surface area contributed by atoms with E-state index in [0.29, 0.717) is 6.54 Å². The molecule has 1 aliphatic carbocycles. The van der Waals surface area contributed by atoms with Crippen molar-refractivity contribution < 1.29 is 5.11 Å². The van der Waals surface area contributed by atoms with Gasteiger partial charge in [0, 0.05) is 12.0 Å². The van der Waals surface area contributed by atoms with Crippen LogP contribution in [0.15, 0.2) is 24.3 Å². The first-order valence-electron chi connectivity index (χ1n) is 5.97. The average molecular weight is 219 g/mol. The zero-order chi connectivity index (χ0) is 11.8. The van der Waals surface area contributed by atoms with E-state index in [1.165, 1.54) is 11.1 Å². The van der Waals surface area contributed by atoms with Crippen molar-refractivity contribution in [2.75, 3.05) is 6.54 Å². The van der Waals surface area contributed by atoms with Crippen molar-refractivity contribution in [3.8, 4) is 0 Å². The molecule has 88 valence electrons. The molecule has 1 saturated carbocycles. The van der Waals surface area contributed by atoms with Crippen LogP contribution in [0.4, 0.5) is 0 Å². The first-order chi connectivity index (χ1) is 7.47. The lowest BCUT2D eigenvalue weighted by atomic mass is 9.77. The highest BCUT2D eigenvalue weighted by Gasteiger charge is 2.44. The molecule has 0 radical (unpaired) electrons. The van der Waals surface area contributed by atoms with E-state index < -0.39 is 5.60 Å². The molecule has 16 heavy (non-hydrogen) atoms. The highest BCUT2D eigenvalue weighted by atomic mass is 16.3. The van der Waals surface area contributed by atoms with Gasteiger partial charge in [0.2, 0.25) is 0 Å². The lowest BCUT2D eigenvalue weighted by Crippen LogP contribution is -2.35. The maximum absolute atomic E-state index is 10.1. The SMILES string of the molecule is Cc1cccc(C2(CN)CCC(C)(O)C2)c1. The van der Waals surface area contributed by atoms with E-state index in [1.54, 1.807) is 0 Å². The molecule has 1 aliphatic rings. The minimum absolute atomic E-state index is 0.0183. The summed E-state index contributed by atoms with van der Waals surface area (Å²) in [6.45, 7) is 4.63. The van der Waals surface area contributed by atoms with Crippen LogP contribution in [0.3, 0.4) is 0 Å². The fourth-order valence-electron chi connectivity index (χ4n) is 2.93. The minimum atomic E-state index is -0.552. The van der Waals surface area contributed by atoms with Crippen LogP contribution in [-0.2, 0) is 5.41 Å². The number of hydrogen-bond donors (Lipinski definition) is 2. The van der Waals surface area contributed by atoms with E-state index in [-0.39, 0.29) is 5.41 Å². The molecule has 1 aromatic rings. The van der Waals surface area contributed by atoms with Crippen molar-refractivity contribution >= 4 is 0 Å². The summed E-state index contributed by atoms with van der Waals surface area (Å²) in [7, 11) is 0. The number of nitrogens with two attached hydrogens (primary N) is 1. The second-order valence-corrected chi connectivity index (χ2v) is 5.53. The van der Waals surface area contributed by atoms with Gasteiger partial charge in [0.05, 0.1) is 5.60 Å². The lowest BCUT2D eigenvalue weighted by molar-refractivity contribution is 0.0612. The van der Waals surface area contributed by atoms with Crippen LogP contribution >= 0.6 is 0 Å². The van der Waals surface area contributed by atoms with Gasteiger partial charge >= 0.3 is 0 Å². The molecule has 1 fully saturated rings. The molecule has 2 atom stereocenters. The van der Waals surface area contributed by atoms with Gasteiger partial charge in [-0.1, -0.05) is 29.8 Å². The van der Waals surface area contributed by atoms with Gasteiger partial charge in [0.15, 0.2) is 0 Å². The summed E-state index contributed by atoms with van der Waals surface area (Å²) in [6, 6.07) is 8.52. The van der Waals surface area contributed by atoms with Gasteiger partial charge in [-0.25, -0.2) is 0 Å². The van der Waals surface area contributed by atoms with Gasteiger partial charge in [-0.05, 0) is 38.7 Å². The maximum Gasteiger partial charge on any atom is 0.0629 e. The first-order valence-corrected chi connectivity index (χ1v) is 5.97. The molecule has 2 heteroatoms. The van der Waals surface area contributed by atoms with Crippen molar-refractivity contribution in [3.63, 3.8) is 0 Å². The smallest absolute Gasteiger partial charge is 0.0629 e. The minimum Gasteiger partial charge on any atom is -0.390 e. The van der Waals surface area contributed by atoms with Crippen molar-refractivity contribution in [3.05, 3.63) is 35.4 Å². The predicted octanol–water partition coefficient (Wildman–Crippen LogP) is 2.13. The molecule has 0 aliphatic heterocycles. The van der Waals surface area contributed by atoms with E-state index in [4.69, 9.17) is 5.73 Å². The second-order valence-electron chi connectivity index (χ2n) is 5.53. The molecular weight excluding hydrogens is 198 g/mol. The summed E-state index contributed by atoms with van der Waals surface area (Å²) < 4.78 is 0. The summed E-state index contributed by atoms with van der Waals surface area (Å²) in [6.07, 6.45) is 2.61. The number of benzene rings is 1. The third-order valence-electron chi connectivity index (χ3n) is 3.88. The van der Waals surface area contributed by atoms with Gasteiger partial charge in [-0.15, -0.1) is 0 Å². The van der Waals surface area contributed by atoms with Gasteiger partial charge in [0.25, 0.3) is 0 Å². The van der Waals surface area contributed by atoms with E-state index in [0.717, 1.165) is 19.3 Å². The Hall–Kier alpha value is -0.860. The van der Waals surface area contributed by atoms with Crippen LogP contribution in [0.2, 0.25) is 0 Å². The second kappa shape index (κ2) is 3.86. The first kappa shape index (κ1) is 11.6. The zero-order valence-corrected chi connectivity index (χ0v) is 10.2. The fraction of sp³-hybridized carbons (Fsp3) is 0.571. The maximum atomic E-state index is 10.1. The van der Waals surface area contributed by atoms with Crippen LogP contribution in [-0.4, -0.2) is 17.3 Å². The summed E-state index contributed by atoms with van der Waals surface area (Å²) >= 11 is 0. The van der Waals surface area contributed by atoms with Crippen molar-refractivity contribution in [1.29, 1.82) is 0 Å². The third-order valence-corrected chi connectivity index (χ3v) is 3.88. The Morgan fingerprint density at radius 2 is 2.12 bits per heavy atom. The van der Waals surface area contributed by atoms with Crippen LogP contribution in [0, 0.1) is 6.92 Å². The van der Waals surface area contributed by atoms with E-state index in [2.05, 4.69) is 31.2 Å². The predicted molar refractivity (Wildman–Crippen MR) is 66.4 cm³/mol. The molecule has 2 rings (SSSR count). The van der Waals surface area contributed by atoms with Gasteiger partial charge in [-0.2, -0.15) is 0 Å². The Morgan fingerprint density at radius 1 is 1.38 bits per heavy atom. The molecule has 3 N–H and O–H groups in total. The van der Waals surface area contributed by atoms with Crippen LogP contribution in [0.25, 0.3) is 0 Å². The largest absolute Gasteiger partial charge is 0.390 e. The molecule has 0 spiro atoms. The van der Waals surface area contributed by atoms with E-state index in [1.807, 2.05) is 6.92 Å². The molecule has 2 nitrogen and oxygen atoms in total. The monoisotopic (exact) mass is 219 g/mol. The molecule has 2 unspecified atom stereocenters. The fourth-order valence-corrected chi connectivity index (χ4v) is 2.93. The Balaban J connectivity index is 2.36. The molecule has 0 heterocycles. The quantitative estimate of drug-likeness (QED) is 0.800. The van der Waals surface area contributed by atoms with Crippen molar-refractivity contribution in [2.24, 2.45) is 5.73 Å². The summed E-state index contributed by atoms with van der Waals surface area (Å²) in [5.74, 6) is 0. The molecule has 0 saturated heterocycles. The molecule has 0 aromatic heterocycles. The number of aryl methyl sites for hydroxylation is 1. The summed E-state index contributed by atoms with van der Waals surface area (Å²) in [4.78, 5) is 0. The van der Waals surface area contributed by atoms with Crippen LogP contribution in [0.1, 0.15) is 37.3 Å². The Bertz CT molecular complexity index is 386. The highest BCUT2D eigenvalue weighted by molar-refractivity contribution is 5.32. The normalized spacial score (nSPS) is 34.2. The number of rotatable bonds is 2. The van der Waals surface area contributed by atoms with Gasteiger partial charge in [-0.3, -0.25) is 0 Å². The number of hydrogen-bond acceptors (Lipinski definition) is 2.